The number of anilines is 3. The lowest BCUT2D eigenvalue weighted by molar-refractivity contribution is 0.0983. The Morgan fingerprint density at radius 3 is 2.64 bits per heavy atom. The first-order valence-electron chi connectivity index (χ1n) is 9.83. The number of ether oxygens (including phenoxy) is 1. The van der Waals surface area contributed by atoms with Crippen LogP contribution in [0.1, 0.15) is 36.6 Å². The van der Waals surface area contributed by atoms with Gasteiger partial charge in [-0.2, -0.15) is 4.98 Å². The summed E-state index contributed by atoms with van der Waals surface area (Å²) < 4.78 is 5.07. The summed E-state index contributed by atoms with van der Waals surface area (Å²) in [5, 5.41) is 6.83. The SMILES string of the molecule is CCOC(=O)N1CCC(Nc2nc(C)cc(Nc3cc(C)ccc3C)n2)CC1. The van der Waals surface area contributed by atoms with Gasteiger partial charge in [-0.3, -0.25) is 0 Å². The molecule has 2 heterocycles. The summed E-state index contributed by atoms with van der Waals surface area (Å²) in [7, 11) is 0. The molecule has 1 aliphatic heterocycles. The number of hydrogen-bond acceptors (Lipinski definition) is 6. The Morgan fingerprint density at radius 1 is 1.18 bits per heavy atom. The van der Waals surface area contributed by atoms with E-state index in [2.05, 4.69) is 52.6 Å². The normalized spacial score (nSPS) is 14.6. The third-order valence-electron chi connectivity index (χ3n) is 4.86. The minimum atomic E-state index is -0.229. The van der Waals surface area contributed by atoms with E-state index in [4.69, 9.17) is 4.74 Å². The van der Waals surface area contributed by atoms with E-state index in [1.807, 2.05) is 19.9 Å². The summed E-state index contributed by atoms with van der Waals surface area (Å²) in [6.07, 6.45) is 1.46. The number of carbonyl (C=O) groups excluding carboxylic acids is 1. The van der Waals surface area contributed by atoms with Gasteiger partial charge in [-0.05, 0) is 57.7 Å². The molecule has 1 amide bonds. The number of rotatable bonds is 5. The number of hydrogen-bond donors (Lipinski definition) is 2. The lowest BCUT2D eigenvalue weighted by Gasteiger charge is -2.31. The zero-order valence-electron chi connectivity index (χ0n) is 17.1. The van der Waals surface area contributed by atoms with Crippen LogP contribution in [0.25, 0.3) is 0 Å². The van der Waals surface area contributed by atoms with E-state index in [9.17, 15) is 4.79 Å². The number of piperidine rings is 1. The quantitative estimate of drug-likeness (QED) is 0.806. The van der Waals surface area contributed by atoms with Gasteiger partial charge >= 0.3 is 6.09 Å². The van der Waals surface area contributed by atoms with Crippen molar-refractivity contribution in [2.45, 2.75) is 46.6 Å². The maximum absolute atomic E-state index is 11.8. The highest BCUT2D eigenvalue weighted by Gasteiger charge is 2.24. The van der Waals surface area contributed by atoms with Gasteiger partial charge in [-0.1, -0.05) is 12.1 Å². The second kappa shape index (κ2) is 8.91. The van der Waals surface area contributed by atoms with Gasteiger partial charge < -0.3 is 20.3 Å². The smallest absolute Gasteiger partial charge is 0.409 e. The maximum atomic E-state index is 11.8. The second-order valence-corrected chi connectivity index (χ2v) is 7.27. The van der Waals surface area contributed by atoms with E-state index in [0.29, 0.717) is 25.6 Å². The number of amides is 1. The molecule has 150 valence electrons. The van der Waals surface area contributed by atoms with Crippen LogP contribution in [0.15, 0.2) is 24.3 Å². The Labute approximate surface area is 166 Å². The molecule has 0 saturated carbocycles. The predicted octanol–water partition coefficient (Wildman–Crippen LogP) is 4.18. The molecule has 28 heavy (non-hydrogen) atoms. The van der Waals surface area contributed by atoms with Crippen molar-refractivity contribution in [2.24, 2.45) is 0 Å². The topological polar surface area (TPSA) is 79.4 Å². The lowest BCUT2D eigenvalue weighted by Crippen LogP contribution is -2.42. The Morgan fingerprint density at radius 2 is 1.93 bits per heavy atom. The van der Waals surface area contributed by atoms with Crippen LogP contribution in [-0.4, -0.2) is 46.7 Å². The summed E-state index contributed by atoms with van der Waals surface area (Å²) in [5.41, 5.74) is 4.31. The minimum absolute atomic E-state index is 0.229. The van der Waals surface area contributed by atoms with E-state index in [1.54, 1.807) is 4.90 Å². The fraction of sp³-hybridized carbons (Fsp3) is 0.476. The molecule has 0 radical (unpaired) electrons. The Hall–Kier alpha value is -2.83. The van der Waals surface area contributed by atoms with Crippen LogP contribution in [-0.2, 0) is 4.74 Å². The van der Waals surface area contributed by atoms with Crippen LogP contribution >= 0.6 is 0 Å². The molecule has 3 rings (SSSR count). The minimum Gasteiger partial charge on any atom is -0.450 e. The molecule has 0 atom stereocenters. The number of carbonyl (C=O) groups is 1. The molecule has 0 unspecified atom stereocenters. The number of nitrogens with zero attached hydrogens (tertiary/aromatic N) is 3. The third-order valence-corrected chi connectivity index (χ3v) is 4.86. The van der Waals surface area contributed by atoms with Crippen molar-refractivity contribution in [3.63, 3.8) is 0 Å². The van der Waals surface area contributed by atoms with Gasteiger partial charge in [0.2, 0.25) is 5.95 Å². The zero-order chi connectivity index (χ0) is 20.1. The summed E-state index contributed by atoms with van der Waals surface area (Å²) in [6.45, 7) is 9.70. The van der Waals surface area contributed by atoms with Gasteiger partial charge in [0.05, 0.1) is 6.61 Å². The van der Waals surface area contributed by atoms with Crippen LogP contribution in [0.4, 0.5) is 22.2 Å². The monoisotopic (exact) mass is 383 g/mol. The molecule has 7 nitrogen and oxygen atoms in total. The Bertz CT molecular complexity index is 832. The van der Waals surface area contributed by atoms with Crippen molar-refractivity contribution in [3.8, 4) is 0 Å². The molecule has 1 aliphatic rings. The highest BCUT2D eigenvalue weighted by Crippen LogP contribution is 2.22. The first kappa shape index (κ1) is 19.9. The molecule has 1 aromatic carbocycles. The summed E-state index contributed by atoms with van der Waals surface area (Å²) >= 11 is 0. The van der Waals surface area contributed by atoms with E-state index < -0.39 is 0 Å². The number of nitrogens with one attached hydrogen (secondary N) is 2. The predicted molar refractivity (Wildman–Crippen MR) is 111 cm³/mol. The third kappa shape index (κ3) is 5.12. The highest BCUT2D eigenvalue weighted by atomic mass is 16.6. The van der Waals surface area contributed by atoms with Crippen LogP contribution in [0.3, 0.4) is 0 Å². The van der Waals surface area contributed by atoms with E-state index in [1.165, 1.54) is 11.1 Å². The van der Waals surface area contributed by atoms with Crippen molar-refractivity contribution in [2.75, 3.05) is 30.3 Å². The molecule has 1 saturated heterocycles. The van der Waals surface area contributed by atoms with Gasteiger partial charge in [0.1, 0.15) is 5.82 Å². The molecule has 0 bridgehead atoms. The molecule has 1 fully saturated rings. The Kier molecular flexibility index (Phi) is 6.34. The molecular weight excluding hydrogens is 354 g/mol. The Balaban J connectivity index is 1.64. The molecule has 2 aromatic rings. The van der Waals surface area contributed by atoms with Crippen LogP contribution in [0.2, 0.25) is 0 Å². The van der Waals surface area contributed by atoms with Crippen molar-refractivity contribution in [1.29, 1.82) is 0 Å². The fourth-order valence-corrected chi connectivity index (χ4v) is 3.31. The maximum Gasteiger partial charge on any atom is 0.409 e. The summed E-state index contributed by atoms with van der Waals surface area (Å²) in [6, 6.07) is 8.49. The zero-order valence-corrected chi connectivity index (χ0v) is 17.1. The first-order chi connectivity index (χ1) is 13.4. The average molecular weight is 383 g/mol. The van der Waals surface area contributed by atoms with Crippen molar-refractivity contribution >= 4 is 23.5 Å². The molecule has 2 N–H and O–H groups in total. The molecule has 1 aromatic heterocycles. The van der Waals surface area contributed by atoms with Crippen LogP contribution in [0.5, 0.6) is 0 Å². The standard InChI is InChI=1S/C21H29N5O2/c1-5-28-21(27)26-10-8-17(9-11-26)23-20-22-16(4)13-19(25-20)24-18-12-14(2)6-7-15(18)3/h6-7,12-13,17H,5,8-11H2,1-4H3,(H2,22,23,24,25). The van der Waals surface area contributed by atoms with Crippen molar-refractivity contribution in [3.05, 3.63) is 41.1 Å². The van der Waals surface area contributed by atoms with E-state index in [-0.39, 0.29) is 12.1 Å². The highest BCUT2D eigenvalue weighted by molar-refractivity contribution is 5.67. The van der Waals surface area contributed by atoms with Gasteiger partial charge in [0.25, 0.3) is 0 Å². The van der Waals surface area contributed by atoms with Gasteiger partial charge in [-0.15, -0.1) is 0 Å². The van der Waals surface area contributed by atoms with Crippen LogP contribution in [0, 0.1) is 20.8 Å². The van der Waals surface area contributed by atoms with Gasteiger partial charge in [0, 0.05) is 36.6 Å². The average Bonchev–Trinajstić information content (AvgIpc) is 2.65. The summed E-state index contributed by atoms with van der Waals surface area (Å²) in [5.74, 6) is 1.38. The van der Waals surface area contributed by atoms with E-state index >= 15 is 0 Å². The van der Waals surface area contributed by atoms with Crippen molar-refractivity contribution in [1.82, 2.24) is 14.9 Å². The summed E-state index contributed by atoms with van der Waals surface area (Å²) in [4.78, 5) is 22.7. The van der Waals surface area contributed by atoms with E-state index in [0.717, 1.165) is 30.0 Å². The van der Waals surface area contributed by atoms with Gasteiger partial charge in [0.15, 0.2) is 0 Å². The number of aryl methyl sites for hydroxylation is 3. The molecule has 0 aliphatic carbocycles. The number of benzene rings is 1. The number of aromatic nitrogens is 2. The molecule has 7 heteroatoms. The number of likely N-dealkylation sites (tertiary alicyclic amines) is 1. The largest absolute Gasteiger partial charge is 0.450 e. The van der Waals surface area contributed by atoms with Crippen molar-refractivity contribution < 1.29 is 9.53 Å². The molecule has 0 spiro atoms. The van der Waals surface area contributed by atoms with Gasteiger partial charge in [-0.25, -0.2) is 9.78 Å². The fourth-order valence-electron chi connectivity index (χ4n) is 3.31. The molecular formula is C21H29N5O2. The first-order valence-corrected chi connectivity index (χ1v) is 9.83. The lowest BCUT2D eigenvalue weighted by atomic mass is 10.1. The van der Waals surface area contributed by atoms with Crippen LogP contribution < -0.4 is 10.6 Å². The second-order valence-electron chi connectivity index (χ2n) is 7.27.